The van der Waals surface area contributed by atoms with E-state index in [0.29, 0.717) is 47.4 Å². The van der Waals surface area contributed by atoms with Crippen molar-refractivity contribution in [3.05, 3.63) is 59.8 Å². The molecule has 1 aliphatic rings. The quantitative estimate of drug-likeness (QED) is 0.195. The predicted octanol–water partition coefficient (Wildman–Crippen LogP) is 4.34. The predicted molar refractivity (Wildman–Crippen MR) is 166 cm³/mol. The van der Waals surface area contributed by atoms with Crippen molar-refractivity contribution in [1.82, 2.24) is 15.6 Å². The van der Waals surface area contributed by atoms with E-state index < -0.39 is 41.0 Å². The number of hydrogen-bond acceptors (Lipinski definition) is 7. The van der Waals surface area contributed by atoms with Crippen LogP contribution in [0.1, 0.15) is 68.9 Å². The molecule has 0 radical (unpaired) electrons. The fraction of sp³-hybridized carbons (Fsp3) is 0.441. The Morgan fingerprint density at radius 2 is 1.75 bits per heavy atom. The summed E-state index contributed by atoms with van der Waals surface area (Å²) in [4.78, 5) is 69.3. The lowest BCUT2D eigenvalue weighted by Gasteiger charge is -2.25. The molecule has 0 unspecified atom stereocenters. The number of H-pyrrole nitrogens is 1. The summed E-state index contributed by atoms with van der Waals surface area (Å²) in [5, 5.41) is 6.12. The number of amides is 2. The normalized spacial score (nSPS) is 16.3. The maximum Gasteiger partial charge on any atom is 0.290 e. The van der Waals surface area contributed by atoms with Gasteiger partial charge in [0.25, 0.3) is 5.91 Å². The van der Waals surface area contributed by atoms with E-state index in [1.165, 1.54) is 14.2 Å². The molecule has 2 aromatic carbocycles. The Labute approximate surface area is 257 Å². The van der Waals surface area contributed by atoms with Crippen LogP contribution in [-0.2, 0) is 25.6 Å². The second-order valence-corrected chi connectivity index (χ2v) is 12.4. The van der Waals surface area contributed by atoms with Gasteiger partial charge in [0, 0.05) is 47.7 Å². The van der Waals surface area contributed by atoms with Crippen LogP contribution in [0.4, 0.5) is 0 Å². The van der Waals surface area contributed by atoms with Gasteiger partial charge in [0.05, 0.1) is 31.5 Å². The lowest BCUT2D eigenvalue weighted by atomic mass is 9.90. The molecule has 2 amide bonds. The van der Waals surface area contributed by atoms with E-state index in [0.717, 1.165) is 5.56 Å². The first-order valence-electron chi connectivity index (χ1n) is 14.9. The molecule has 44 heavy (non-hydrogen) atoms. The van der Waals surface area contributed by atoms with Crippen LogP contribution in [0.25, 0.3) is 10.9 Å². The summed E-state index contributed by atoms with van der Waals surface area (Å²) in [6.07, 6.45) is 1.83. The Balaban J connectivity index is 1.61. The summed E-state index contributed by atoms with van der Waals surface area (Å²) in [7, 11) is 3.07. The van der Waals surface area contributed by atoms with Gasteiger partial charge in [-0.1, -0.05) is 30.3 Å². The van der Waals surface area contributed by atoms with Gasteiger partial charge in [-0.05, 0) is 58.1 Å². The number of carbonyl (C=O) groups excluding carboxylic acids is 5. The zero-order valence-corrected chi connectivity index (χ0v) is 26.0. The van der Waals surface area contributed by atoms with Crippen molar-refractivity contribution in [3.63, 3.8) is 0 Å². The van der Waals surface area contributed by atoms with Gasteiger partial charge in [-0.2, -0.15) is 0 Å². The van der Waals surface area contributed by atoms with Gasteiger partial charge in [-0.25, -0.2) is 0 Å². The number of ether oxygens (including phenoxy) is 2. The third-order valence-electron chi connectivity index (χ3n) is 7.85. The Hall–Kier alpha value is -4.47. The van der Waals surface area contributed by atoms with Crippen molar-refractivity contribution >= 4 is 40.1 Å². The lowest BCUT2D eigenvalue weighted by molar-refractivity contribution is -0.141. The number of ketones is 3. The molecular formula is C34H41N3O7. The summed E-state index contributed by atoms with van der Waals surface area (Å²) in [5.41, 5.74) is 1.11. The molecule has 3 N–H and O–H groups in total. The van der Waals surface area contributed by atoms with Crippen LogP contribution >= 0.6 is 0 Å². The number of nitrogens with one attached hydrogen (secondary N) is 3. The molecule has 10 nitrogen and oxygen atoms in total. The largest absolute Gasteiger partial charge is 0.497 e. The molecule has 4 rings (SSSR count). The van der Waals surface area contributed by atoms with Crippen LogP contribution in [0.3, 0.4) is 0 Å². The van der Waals surface area contributed by atoms with Gasteiger partial charge in [0.1, 0.15) is 17.3 Å². The van der Waals surface area contributed by atoms with Gasteiger partial charge < -0.3 is 25.1 Å². The first kappa shape index (κ1) is 32.4. The number of rotatable bonds is 13. The van der Waals surface area contributed by atoms with Crippen molar-refractivity contribution in [3.8, 4) is 11.5 Å². The van der Waals surface area contributed by atoms with Crippen molar-refractivity contribution in [2.75, 3.05) is 14.2 Å². The Morgan fingerprint density at radius 3 is 2.36 bits per heavy atom. The Kier molecular flexibility index (Phi) is 10.2. The number of methoxy groups -OCH3 is 2. The van der Waals surface area contributed by atoms with Crippen LogP contribution < -0.4 is 20.1 Å². The van der Waals surface area contributed by atoms with Gasteiger partial charge >= 0.3 is 0 Å². The van der Waals surface area contributed by atoms with E-state index in [9.17, 15) is 24.0 Å². The monoisotopic (exact) mass is 603 g/mol. The topological polar surface area (TPSA) is 144 Å². The average Bonchev–Trinajstić information content (AvgIpc) is 3.60. The van der Waals surface area contributed by atoms with E-state index in [4.69, 9.17) is 9.47 Å². The van der Waals surface area contributed by atoms with Crippen molar-refractivity contribution in [2.24, 2.45) is 11.8 Å². The minimum absolute atomic E-state index is 0.0233. The fourth-order valence-electron chi connectivity index (χ4n) is 5.61. The highest BCUT2D eigenvalue weighted by Crippen LogP contribution is 2.32. The SMILES string of the molecule is COc1cc(OC)c2cc(C(=O)C[C@@H](Cc3ccccc3)C(=O)N[C@@H](C[C@@H]3CCCC3=O)C(=O)C(=O)NC(C)(C)C)[nH]c2c1. The number of aromatic nitrogens is 1. The number of Topliss-reactive ketones (excluding diaryl/α,β-unsaturated/α-hetero) is 3. The van der Waals surface area contributed by atoms with Gasteiger partial charge in [-0.3, -0.25) is 24.0 Å². The van der Waals surface area contributed by atoms with Gasteiger partial charge in [-0.15, -0.1) is 0 Å². The maximum atomic E-state index is 13.9. The third kappa shape index (κ3) is 8.12. The molecule has 3 atom stereocenters. The number of carbonyl (C=O) groups is 5. The van der Waals surface area contributed by atoms with Gasteiger partial charge in [0.2, 0.25) is 11.7 Å². The zero-order chi connectivity index (χ0) is 32.0. The molecule has 234 valence electrons. The fourth-order valence-corrected chi connectivity index (χ4v) is 5.61. The van der Waals surface area contributed by atoms with Crippen LogP contribution in [0.15, 0.2) is 48.5 Å². The molecule has 1 saturated carbocycles. The number of benzene rings is 2. The molecule has 1 aliphatic carbocycles. The average molecular weight is 604 g/mol. The number of fused-ring (bicyclic) bond motifs is 1. The zero-order valence-electron chi connectivity index (χ0n) is 26.0. The standard InChI is InChI=1S/C34H41N3O7/c1-34(2,3)37-33(42)31(40)27(15-21-12-9-13-28(21)38)36-32(41)22(14-20-10-7-6-8-11-20)16-29(39)26-19-24-25(35-26)17-23(43-4)18-30(24)44-5/h6-8,10-11,17-19,21-22,27,35H,9,12-16H2,1-5H3,(H,36,41)(H,37,42)/t21-,22+,27-/m0/s1. The van der Waals surface area contributed by atoms with Crippen molar-refractivity contribution in [2.45, 2.75) is 70.9 Å². The summed E-state index contributed by atoms with van der Waals surface area (Å²) in [6, 6.07) is 13.2. The van der Waals surface area contributed by atoms with E-state index in [2.05, 4.69) is 15.6 Å². The highest BCUT2D eigenvalue weighted by atomic mass is 16.5. The molecule has 1 fully saturated rings. The Bertz CT molecular complexity index is 1540. The van der Waals surface area contributed by atoms with E-state index in [1.807, 2.05) is 30.3 Å². The molecule has 1 aromatic heterocycles. The number of aromatic amines is 1. The third-order valence-corrected chi connectivity index (χ3v) is 7.85. The van der Waals surface area contributed by atoms with Gasteiger partial charge in [0.15, 0.2) is 5.78 Å². The van der Waals surface area contributed by atoms with E-state index >= 15 is 0 Å². The Morgan fingerprint density at radius 1 is 1.02 bits per heavy atom. The summed E-state index contributed by atoms with van der Waals surface area (Å²) < 4.78 is 10.8. The summed E-state index contributed by atoms with van der Waals surface area (Å²) in [6.45, 7) is 5.26. The molecular weight excluding hydrogens is 562 g/mol. The molecule has 10 heteroatoms. The lowest BCUT2D eigenvalue weighted by Crippen LogP contribution is -2.53. The highest BCUT2D eigenvalue weighted by Gasteiger charge is 2.36. The second kappa shape index (κ2) is 13.9. The maximum absolute atomic E-state index is 13.9. The molecule has 0 spiro atoms. The first-order valence-corrected chi connectivity index (χ1v) is 14.9. The minimum Gasteiger partial charge on any atom is -0.497 e. The molecule has 0 bridgehead atoms. The minimum atomic E-state index is -1.20. The van der Waals surface area contributed by atoms with Crippen LogP contribution in [0.5, 0.6) is 11.5 Å². The number of hydrogen-bond donors (Lipinski definition) is 3. The van der Waals surface area contributed by atoms with Crippen LogP contribution in [-0.4, -0.2) is 59.9 Å². The van der Waals surface area contributed by atoms with Crippen LogP contribution in [0.2, 0.25) is 0 Å². The highest BCUT2D eigenvalue weighted by molar-refractivity contribution is 6.38. The second-order valence-electron chi connectivity index (χ2n) is 12.4. The van der Waals surface area contributed by atoms with Crippen molar-refractivity contribution in [1.29, 1.82) is 0 Å². The smallest absolute Gasteiger partial charge is 0.290 e. The van der Waals surface area contributed by atoms with Crippen molar-refractivity contribution < 1.29 is 33.4 Å². The molecule has 3 aromatic rings. The summed E-state index contributed by atoms with van der Waals surface area (Å²) in [5.74, 6) is -2.64. The molecule has 0 saturated heterocycles. The summed E-state index contributed by atoms with van der Waals surface area (Å²) >= 11 is 0. The van der Waals surface area contributed by atoms with E-state index in [-0.39, 0.29) is 30.8 Å². The molecule has 0 aliphatic heterocycles. The van der Waals surface area contributed by atoms with E-state index in [1.54, 1.807) is 39.0 Å². The first-order chi connectivity index (χ1) is 20.9. The molecule has 1 heterocycles. The van der Waals surface area contributed by atoms with Crippen LogP contribution in [0, 0.1) is 11.8 Å².